The van der Waals surface area contributed by atoms with Crippen molar-refractivity contribution in [2.24, 2.45) is 17.8 Å². The smallest absolute Gasteiger partial charge is 0.144 e. The van der Waals surface area contributed by atoms with E-state index >= 15 is 0 Å². The van der Waals surface area contributed by atoms with Crippen LogP contribution in [0.2, 0.25) is 5.02 Å². The largest absolute Gasteiger partial charge is 0.314 e. The first-order valence-corrected chi connectivity index (χ1v) is 8.51. The summed E-state index contributed by atoms with van der Waals surface area (Å²) in [4.78, 5) is 0. The first-order valence-electron chi connectivity index (χ1n) is 8.13. The van der Waals surface area contributed by atoms with E-state index in [4.69, 9.17) is 11.6 Å². The minimum absolute atomic E-state index is 0.229. The summed E-state index contributed by atoms with van der Waals surface area (Å²) in [5.41, 5.74) is 0.774. The van der Waals surface area contributed by atoms with Gasteiger partial charge < -0.3 is 5.32 Å². The Balaban J connectivity index is 2.07. The van der Waals surface area contributed by atoms with E-state index in [1.165, 1.54) is 19.3 Å². The number of hydrogen-bond donors (Lipinski definition) is 1. The Morgan fingerprint density at radius 2 is 2.05 bits per heavy atom. The van der Waals surface area contributed by atoms with Crippen LogP contribution >= 0.6 is 11.6 Å². The van der Waals surface area contributed by atoms with Gasteiger partial charge in [0.1, 0.15) is 5.82 Å². The van der Waals surface area contributed by atoms with E-state index in [-0.39, 0.29) is 10.8 Å². The van der Waals surface area contributed by atoms with Crippen LogP contribution in [0.15, 0.2) is 18.2 Å². The molecular formula is C18H27ClFN. The van der Waals surface area contributed by atoms with Crippen LogP contribution in [0.25, 0.3) is 0 Å². The topological polar surface area (TPSA) is 12.0 Å². The molecule has 0 bridgehead atoms. The maximum atomic E-state index is 14.1. The molecule has 1 aromatic carbocycles. The molecule has 3 unspecified atom stereocenters. The molecule has 3 heteroatoms. The third kappa shape index (κ3) is 4.69. The molecule has 0 radical (unpaired) electrons. The van der Waals surface area contributed by atoms with Gasteiger partial charge in [-0.3, -0.25) is 0 Å². The number of benzene rings is 1. The zero-order valence-electron chi connectivity index (χ0n) is 13.3. The van der Waals surface area contributed by atoms with E-state index in [1.807, 2.05) is 12.1 Å². The second-order valence-electron chi connectivity index (χ2n) is 6.92. The summed E-state index contributed by atoms with van der Waals surface area (Å²) >= 11 is 5.91. The first-order chi connectivity index (χ1) is 9.97. The molecule has 0 aromatic heterocycles. The maximum Gasteiger partial charge on any atom is 0.144 e. The van der Waals surface area contributed by atoms with Crippen molar-refractivity contribution in [3.05, 3.63) is 34.6 Å². The van der Waals surface area contributed by atoms with Crippen LogP contribution in [0.4, 0.5) is 4.39 Å². The molecule has 21 heavy (non-hydrogen) atoms. The van der Waals surface area contributed by atoms with Crippen LogP contribution in [0.3, 0.4) is 0 Å². The lowest BCUT2D eigenvalue weighted by Gasteiger charge is -2.36. The minimum atomic E-state index is -0.229. The fourth-order valence-corrected chi connectivity index (χ4v) is 3.65. The van der Waals surface area contributed by atoms with E-state index in [0.717, 1.165) is 24.4 Å². The normalized spacial score (nSPS) is 26.3. The quantitative estimate of drug-likeness (QED) is 0.800. The third-order valence-electron chi connectivity index (χ3n) is 4.70. The van der Waals surface area contributed by atoms with Crippen molar-refractivity contribution in [2.75, 3.05) is 6.54 Å². The molecule has 0 spiro atoms. The summed E-state index contributed by atoms with van der Waals surface area (Å²) in [6.45, 7) is 7.71. The van der Waals surface area contributed by atoms with E-state index in [9.17, 15) is 4.39 Å². The highest BCUT2D eigenvalue weighted by molar-refractivity contribution is 6.30. The average Bonchev–Trinajstić information content (AvgIpc) is 2.43. The highest BCUT2D eigenvalue weighted by Crippen LogP contribution is 2.36. The van der Waals surface area contributed by atoms with Gasteiger partial charge in [-0.1, -0.05) is 50.9 Å². The highest BCUT2D eigenvalue weighted by atomic mass is 35.5. The second kappa shape index (κ2) is 7.60. The molecule has 2 rings (SSSR count). The lowest BCUT2D eigenvalue weighted by Crippen LogP contribution is -2.36. The predicted octanol–water partition coefficient (Wildman–Crippen LogP) is 5.07. The van der Waals surface area contributed by atoms with Gasteiger partial charge in [-0.2, -0.15) is 0 Å². The molecule has 118 valence electrons. The molecule has 0 amide bonds. The van der Waals surface area contributed by atoms with E-state index in [0.29, 0.717) is 17.9 Å². The average molecular weight is 312 g/mol. The molecular weight excluding hydrogens is 285 g/mol. The summed E-state index contributed by atoms with van der Waals surface area (Å²) in [5.74, 6) is 1.70. The summed E-state index contributed by atoms with van der Waals surface area (Å²) in [7, 11) is 0. The van der Waals surface area contributed by atoms with Gasteiger partial charge in [0.05, 0.1) is 5.02 Å². The summed E-state index contributed by atoms with van der Waals surface area (Å²) in [6, 6.07) is 5.87. The molecule has 0 aliphatic heterocycles. The van der Waals surface area contributed by atoms with Crippen molar-refractivity contribution >= 4 is 11.6 Å². The lowest BCUT2D eigenvalue weighted by molar-refractivity contribution is 0.180. The van der Waals surface area contributed by atoms with Crippen molar-refractivity contribution in [1.82, 2.24) is 5.32 Å². The van der Waals surface area contributed by atoms with Crippen molar-refractivity contribution < 1.29 is 4.39 Å². The summed E-state index contributed by atoms with van der Waals surface area (Å²) < 4.78 is 14.1. The fraction of sp³-hybridized carbons (Fsp3) is 0.667. The van der Waals surface area contributed by atoms with Crippen molar-refractivity contribution in [1.29, 1.82) is 0 Å². The Morgan fingerprint density at radius 1 is 1.29 bits per heavy atom. The van der Waals surface area contributed by atoms with Gasteiger partial charge in [0, 0.05) is 6.04 Å². The van der Waals surface area contributed by atoms with Crippen LogP contribution in [-0.2, 0) is 6.42 Å². The Kier molecular flexibility index (Phi) is 6.07. The molecule has 0 heterocycles. The van der Waals surface area contributed by atoms with Gasteiger partial charge in [0.2, 0.25) is 0 Å². The van der Waals surface area contributed by atoms with Crippen molar-refractivity contribution in [3.63, 3.8) is 0 Å². The second-order valence-corrected chi connectivity index (χ2v) is 7.33. The third-order valence-corrected chi connectivity index (χ3v) is 5.00. The van der Waals surface area contributed by atoms with Gasteiger partial charge in [0.15, 0.2) is 0 Å². The van der Waals surface area contributed by atoms with Crippen LogP contribution in [-0.4, -0.2) is 12.6 Å². The first kappa shape index (κ1) is 16.8. The molecule has 3 atom stereocenters. The SMILES string of the molecule is CC1CCC(CNC(C)C)C(Cc2cccc(Cl)c2F)C1. The van der Waals surface area contributed by atoms with Crippen LogP contribution in [0.5, 0.6) is 0 Å². The molecule has 1 fully saturated rings. The fourth-order valence-electron chi connectivity index (χ4n) is 3.46. The van der Waals surface area contributed by atoms with Crippen molar-refractivity contribution in [3.8, 4) is 0 Å². The number of hydrogen-bond acceptors (Lipinski definition) is 1. The molecule has 0 saturated heterocycles. The van der Waals surface area contributed by atoms with E-state index < -0.39 is 0 Å². The van der Waals surface area contributed by atoms with Crippen LogP contribution in [0, 0.1) is 23.6 Å². The van der Waals surface area contributed by atoms with Crippen LogP contribution in [0.1, 0.15) is 45.6 Å². The monoisotopic (exact) mass is 311 g/mol. The van der Waals surface area contributed by atoms with Gasteiger partial charge >= 0.3 is 0 Å². The van der Waals surface area contributed by atoms with Gasteiger partial charge in [-0.05, 0) is 55.2 Å². The molecule has 1 N–H and O–H groups in total. The minimum Gasteiger partial charge on any atom is -0.314 e. The van der Waals surface area contributed by atoms with Gasteiger partial charge in [0.25, 0.3) is 0 Å². The van der Waals surface area contributed by atoms with E-state index in [2.05, 4.69) is 26.1 Å². The number of halogens is 2. The Morgan fingerprint density at radius 3 is 2.76 bits per heavy atom. The zero-order chi connectivity index (χ0) is 15.4. The molecule has 1 nitrogen and oxygen atoms in total. The lowest BCUT2D eigenvalue weighted by atomic mass is 9.72. The Bertz CT molecular complexity index is 461. The van der Waals surface area contributed by atoms with Crippen molar-refractivity contribution in [2.45, 2.75) is 52.5 Å². The molecule has 1 aliphatic carbocycles. The highest BCUT2D eigenvalue weighted by Gasteiger charge is 2.29. The molecule has 1 aromatic rings. The standard InChI is InChI=1S/C18H27ClFN/c1-12(2)21-11-15-8-7-13(3)9-16(15)10-14-5-4-6-17(19)18(14)20/h4-6,12-13,15-16,21H,7-11H2,1-3H3. The van der Waals surface area contributed by atoms with Crippen LogP contribution < -0.4 is 5.32 Å². The van der Waals surface area contributed by atoms with Gasteiger partial charge in [-0.25, -0.2) is 4.39 Å². The summed E-state index contributed by atoms with van der Waals surface area (Å²) in [5, 5.41) is 3.80. The zero-order valence-corrected chi connectivity index (χ0v) is 14.1. The Hall–Kier alpha value is -0.600. The molecule has 1 saturated carbocycles. The molecule has 1 aliphatic rings. The number of rotatable bonds is 5. The predicted molar refractivity (Wildman–Crippen MR) is 88.2 cm³/mol. The maximum absolute atomic E-state index is 14.1. The Labute approximate surface area is 133 Å². The van der Waals surface area contributed by atoms with Gasteiger partial charge in [-0.15, -0.1) is 0 Å². The van der Waals surface area contributed by atoms with E-state index in [1.54, 1.807) is 6.07 Å². The number of nitrogens with one attached hydrogen (secondary N) is 1. The summed E-state index contributed by atoms with van der Waals surface area (Å²) in [6.07, 6.45) is 4.53.